The van der Waals surface area contributed by atoms with Crippen molar-refractivity contribution < 1.29 is 9.53 Å². The topological polar surface area (TPSA) is 38.3 Å². The Bertz CT molecular complexity index is 885. The van der Waals surface area contributed by atoms with Crippen molar-refractivity contribution in [2.45, 2.75) is 36.0 Å². The van der Waals surface area contributed by atoms with Gasteiger partial charge in [-0.05, 0) is 71.6 Å². The van der Waals surface area contributed by atoms with Crippen LogP contribution in [0, 0.1) is 11.3 Å². The lowest BCUT2D eigenvalue weighted by atomic mass is 9.57. The molecule has 2 fully saturated rings. The minimum Gasteiger partial charge on any atom is -0.497 e. The van der Waals surface area contributed by atoms with Crippen molar-refractivity contribution in [3.8, 4) is 5.75 Å². The second-order valence-corrected chi connectivity index (χ2v) is 9.35. The Morgan fingerprint density at radius 2 is 2.00 bits per heavy atom. The van der Waals surface area contributed by atoms with Gasteiger partial charge in [0, 0.05) is 16.0 Å². The Kier molecular flexibility index (Phi) is 5.62. The molecule has 2 aliphatic rings. The molecule has 4 atom stereocenters. The third-order valence-corrected chi connectivity index (χ3v) is 7.88. The standard InChI is InChI=1S/C23H25ClINO2/c1-23-10-9-19(18-8-7-17(28-2)11-15(18)12-25)21(20(23)13-26-22(23)27)14-3-5-16(24)6-4-14/h3-8,11,19-21H,9-10,12-13H2,1-2H3,(H,26,27)/t19-,20-,21-,23+/m0/s1. The van der Waals surface area contributed by atoms with E-state index in [0.29, 0.717) is 5.92 Å². The van der Waals surface area contributed by atoms with Crippen LogP contribution in [0.3, 0.4) is 0 Å². The monoisotopic (exact) mass is 509 g/mol. The van der Waals surface area contributed by atoms with Gasteiger partial charge in [-0.2, -0.15) is 0 Å². The summed E-state index contributed by atoms with van der Waals surface area (Å²) in [6.07, 6.45) is 1.93. The molecule has 0 aromatic heterocycles. The van der Waals surface area contributed by atoms with E-state index in [1.807, 2.05) is 12.1 Å². The van der Waals surface area contributed by atoms with E-state index in [9.17, 15) is 4.79 Å². The summed E-state index contributed by atoms with van der Waals surface area (Å²) in [6.45, 7) is 2.89. The van der Waals surface area contributed by atoms with Crippen LogP contribution in [-0.2, 0) is 9.22 Å². The molecular weight excluding hydrogens is 485 g/mol. The summed E-state index contributed by atoms with van der Waals surface area (Å²) in [7, 11) is 1.71. The minimum absolute atomic E-state index is 0.207. The smallest absolute Gasteiger partial charge is 0.226 e. The van der Waals surface area contributed by atoms with Gasteiger partial charge in [0.05, 0.1) is 12.5 Å². The molecule has 5 heteroatoms. The number of alkyl halides is 1. The maximum absolute atomic E-state index is 12.7. The van der Waals surface area contributed by atoms with Gasteiger partial charge in [-0.3, -0.25) is 4.79 Å². The number of methoxy groups -OCH3 is 1. The Morgan fingerprint density at radius 1 is 1.25 bits per heavy atom. The van der Waals surface area contributed by atoms with E-state index in [2.05, 4.69) is 65.2 Å². The van der Waals surface area contributed by atoms with Gasteiger partial charge in [0.1, 0.15) is 5.75 Å². The molecule has 0 radical (unpaired) electrons. The number of rotatable bonds is 4. The molecule has 0 spiro atoms. The molecule has 2 aromatic carbocycles. The number of carbonyl (C=O) groups is 1. The molecule has 1 heterocycles. The summed E-state index contributed by atoms with van der Waals surface area (Å²) in [5, 5.41) is 3.89. The number of halogens is 2. The van der Waals surface area contributed by atoms with Crippen molar-refractivity contribution in [2.75, 3.05) is 13.7 Å². The molecule has 1 aliphatic heterocycles. The Morgan fingerprint density at radius 3 is 2.68 bits per heavy atom. The summed E-state index contributed by atoms with van der Waals surface area (Å²) in [4.78, 5) is 12.7. The quantitative estimate of drug-likeness (QED) is 0.424. The molecule has 1 aliphatic carbocycles. The highest BCUT2D eigenvalue weighted by molar-refractivity contribution is 14.1. The number of benzene rings is 2. The van der Waals surface area contributed by atoms with Gasteiger partial charge in [-0.1, -0.05) is 59.3 Å². The number of carbonyl (C=O) groups excluding carboxylic acids is 1. The van der Waals surface area contributed by atoms with Gasteiger partial charge in [0.2, 0.25) is 5.91 Å². The molecule has 0 unspecified atom stereocenters. The largest absolute Gasteiger partial charge is 0.497 e. The van der Waals surface area contributed by atoms with Gasteiger partial charge < -0.3 is 10.1 Å². The van der Waals surface area contributed by atoms with E-state index in [1.165, 1.54) is 16.7 Å². The lowest BCUT2D eigenvalue weighted by molar-refractivity contribution is -0.129. The van der Waals surface area contributed by atoms with Crippen LogP contribution in [0.5, 0.6) is 5.75 Å². The van der Waals surface area contributed by atoms with Crippen molar-refractivity contribution in [3.05, 3.63) is 64.2 Å². The maximum Gasteiger partial charge on any atom is 0.226 e. The van der Waals surface area contributed by atoms with E-state index < -0.39 is 0 Å². The lowest BCUT2D eigenvalue weighted by Gasteiger charge is -2.45. The average Bonchev–Trinajstić information content (AvgIpc) is 3.02. The van der Waals surface area contributed by atoms with Gasteiger partial charge in [-0.25, -0.2) is 0 Å². The normalized spacial score (nSPS) is 29.3. The Balaban J connectivity index is 1.82. The van der Waals surface area contributed by atoms with Crippen molar-refractivity contribution in [1.29, 1.82) is 0 Å². The van der Waals surface area contributed by atoms with Crippen molar-refractivity contribution in [3.63, 3.8) is 0 Å². The predicted octanol–water partition coefficient (Wildman–Crippen LogP) is 5.70. The van der Waals surface area contributed by atoms with Crippen LogP contribution < -0.4 is 10.1 Å². The zero-order valence-electron chi connectivity index (χ0n) is 16.2. The van der Waals surface area contributed by atoms with Gasteiger partial charge in [0.25, 0.3) is 0 Å². The number of fused-ring (bicyclic) bond motifs is 1. The molecule has 4 rings (SSSR count). The summed E-state index contributed by atoms with van der Waals surface area (Å²) < 4.78 is 6.39. The second-order valence-electron chi connectivity index (χ2n) is 8.15. The SMILES string of the molecule is COc1ccc([C@@H]2CC[C@@]3(C)C(=O)NC[C@H]3[C@H]2c2ccc(Cl)cc2)c(CI)c1. The molecular formula is C23H25ClINO2. The summed E-state index contributed by atoms with van der Waals surface area (Å²) in [5.41, 5.74) is 3.69. The predicted molar refractivity (Wildman–Crippen MR) is 121 cm³/mol. The maximum atomic E-state index is 12.7. The number of amides is 1. The number of hydrogen-bond donors (Lipinski definition) is 1. The highest BCUT2D eigenvalue weighted by Crippen LogP contribution is 2.57. The van der Waals surface area contributed by atoms with E-state index in [-0.39, 0.29) is 23.2 Å². The highest BCUT2D eigenvalue weighted by atomic mass is 127. The fraction of sp³-hybridized carbons (Fsp3) is 0.435. The van der Waals surface area contributed by atoms with E-state index in [0.717, 1.165) is 34.6 Å². The molecule has 1 saturated carbocycles. The van der Waals surface area contributed by atoms with Crippen LogP contribution in [0.15, 0.2) is 42.5 Å². The van der Waals surface area contributed by atoms with Gasteiger partial charge in [0.15, 0.2) is 0 Å². The first-order chi connectivity index (χ1) is 13.5. The molecule has 1 saturated heterocycles. The highest BCUT2D eigenvalue weighted by Gasteiger charge is 2.54. The molecule has 28 heavy (non-hydrogen) atoms. The zero-order valence-corrected chi connectivity index (χ0v) is 19.1. The van der Waals surface area contributed by atoms with Crippen LogP contribution in [0.4, 0.5) is 0 Å². The fourth-order valence-electron chi connectivity index (χ4n) is 5.22. The number of ether oxygens (including phenoxy) is 1. The Labute approximate surface area is 185 Å². The van der Waals surface area contributed by atoms with E-state index in [1.54, 1.807) is 7.11 Å². The zero-order chi connectivity index (χ0) is 19.9. The first-order valence-corrected chi connectivity index (χ1v) is 11.6. The lowest BCUT2D eigenvalue weighted by Crippen LogP contribution is -2.41. The summed E-state index contributed by atoms with van der Waals surface area (Å²) >= 11 is 8.60. The van der Waals surface area contributed by atoms with Crippen LogP contribution >= 0.6 is 34.2 Å². The fourth-order valence-corrected chi connectivity index (χ4v) is 6.01. The van der Waals surface area contributed by atoms with E-state index >= 15 is 0 Å². The number of nitrogens with one attached hydrogen (secondary N) is 1. The van der Waals surface area contributed by atoms with Crippen LogP contribution in [-0.4, -0.2) is 19.6 Å². The van der Waals surface area contributed by atoms with Crippen molar-refractivity contribution in [2.24, 2.45) is 11.3 Å². The van der Waals surface area contributed by atoms with Crippen LogP contribution in [0.1, 0.15) is 48.3 Å². The van der Waals surface area contributed by atoms with Crippen molar-refractivity contribution in [1.82, 2.24) is 5.32 Å². The number of hydrogen-bond acceptors (Lipinski definition) is 2. The first-order valence-electron chi connectivity index (χ1n) is 9.74. The molecule has 1 N–H and O–H groups in total. The van der Waals surface area contributed by atoms with Gasteiger partial charge in [-0.15, -0.1) is 0 Å². The molecule has 2 aromatic rings. The molecule has 1 amide bonds. The molecule has 3 nitrogen and oxygen atoms in total. The molecule has 148 valence electrons. The van der Waals surface area contributed by atoms with Gasteiger partial charge >= 0.3 is 0 Å². The average molecular weight is 510 g/mol. The molecule has 0 bridgehead atoms. The third kappa shape index (κ3) is 3.32. The Hall–Kier alpha value is -1.27. The third-order valence-electron chi connectivity index (χ3n) is 6.81. The van der Waals surface area contributed by atoms with Crippen LogP contribution in [0.2, 0.25) is 5.02 Å². The summed E-state index contributed by atoms with van der Waals surface area (Å²) in [6, 6.07) is 14.7. The van der Waals surface area contributed by atoms with Crippen LogP contribution in [0.25, 0.3) is 0 Å². The van der Waals surface area contributed by atoms with E-state index in [4.69, 9.17) is 16.3 Å². The first kappa shape index (κ1) is 20.0. The minimum atomic E-state index is -0.294. The second kappa shape index (κ2) is 7.86. The van der Waals surface area contributed by atoms with Crippen molar-refractivity contribution >= 4 is 40.1 Å². The summed E-state index contributed by atoms with van der Waals surface area (Å²) in [5.74, 6) is 2.05.